The Balaban J connectivity index is 1.40. The fraction of sp³-hybridized carbons (Fsp3) is 0.364. The number of thioether (sulfide) groups is 1. The summed E-state index contributed by atoms with van der Waals surface area (Å²) >= 11 is 1.51. The topological polar surface area (TPSA) is 60.7 Å². The van der Waals surface area contributed by atoms with Crippen LogP contribution in [0.5, 0.6) is 0 Å². The van der Waals surface area contributed by atoms with Crippen molar-refractivity contribution >= 4 is 17.5 Å². The van der Waals surface area contributed by atoms with Gasteiger partial charge in [-0.25, -0.2) is 0 Å². The normalized spacial score (nSPS) is 16.8. The minimum absolute atomic E-state index is 0.160. The van der Waals surface area contributed by atoms with Crippen LogP contribution < -0.4 is 0 Å². The highest BCUT2D eigenvalue weighted by Crippen LogP contribution is 2.41. The highest BCUT2D eigenvalue weighted by Gasteiger charge is 2.31. The van der Waals surface area contributed by atoms with Crippen molar-refractivity contribution in [1.29, 1.82) is 0 Å². The van der Waals surface area contributed by atoms with Crippen LogP contribution in [0, 0.1) is 0 Å². The second kappa shape index (κ2) is 7.17. The van der Waals surface area contributed by atoms with Crippen molar-refractivity contribution < 1.29 is 4.79 Å². The average molecular weight is 391 g/mol. The summed E-state index contributed by atoms with van der Waals surface area (Å²) in [4.78, 5) is 17.2. The summed E-state index contributed by atoms with van der Waals surface area (Å²) in [6.45, 7) is 1.97. The van der Waals surface area contributed by atoms with E-state index in [0.717, 1.165) is 47.8 Å². The predicted octanol–water partition coefficient (Wildman–Crippen LogP) is 4.53. The van der Waals surface area contributed by atoms with Crippen LogP contribution >= 0.6 is 11.8 Å². The standard InChI is InChI=1S/C22H22N4OS/c1-14(20(27)17-8-7-15-4-2-5-16(15)12-17)28-22-25-24-21(26(22)19-9-10-19)18-6-3-11-23-13-18/h3,6-8,11-14,19H,2,4-5,9-10H2,1H3/t14-/m0/s1. The fourth-order valence-electron chi connectivity index (χ4n) is 3.88. The Labute approximate surface area is 168 Å². The largest absolute Gasteiger partial charge is 0.299 e. The Hall–Kier alpha value is -2.47. The summed E-state index contributed by atoms with van der Waals surface area (Å²) in [6.07, 6.45) is 9.25. The number of benzene rings is 1. The lowest BCUT2D eigenvalue weighted by Gasteiger charge is -2.13. The van der Waals surface area contributed by atoms with Gasteiger partial charge < -0.3 is 0 Å². The van der Waals surface area contributed by atoms with Gasteiger partial charge in [-0.05, 0) is 68.4 Å². The summed E-state index contributed by atoms with van der Waals surface area (Å²) in [5.74, 6) is 1.00. The molecule has 0 spiro atoms. The minimum atomic E-state index is -0.206. The van der Waals surface area contributed by atoms with Crippen molar-refractivity contribution in [3.8, 4) is 11.4 Å². The van der Waals surface area contributed by atoms with E-state index in [2.05, 4.69) is 31.9 Å². The fourth-order valence-corrected chi connectivity index (χ4v) is 4.88. The molecule has 0 radical (unpaired) electrons. The number of pyridine rings is 1. The first-order valence-corrected chi connectivity index (χ1v) is 10.8. The van der Waals surface area contributed by atoms with Crippen LogP contribution in [0.1, 0.15) is 53.7 Å². The summed E-state index contributed by atoms with van der Waals surface area (Å²) in [7, 11) is 0. The van der Waals surface area contributed by atoms with Gasteiger partial charge in [-0.2, -0.15) is 0 Å². The number of carbonyl (C=O) groups is 1. The van der Waals surface area contributed by atoms with Crippen molar-refractivity contribution in [3.05, 3.63) is 59.4 Å². The minimum Gasteiger partial charge on any atom is -0.299 e. The van der Waals surface area contributed by atoms with Gasteiger partial charge >= 0.3 is 0 Å². The molecule has 2 aliphatic rings. The maximum atomic E-state index is 13.0. The van der Waals surface area contributed by atoms with Gasteiger partial charge in [-0.15, -0.1) is 10.2 Å². The molecule has 5 rings (SSSR count). The van der Waals surface area contributed by atoms with Gasteiger partial charge in [0.1, 0.15) is 0 Å². The molecule has 1 saturated carbocycles. The highest BCUT2D eigenvalue weighted by molar-refractivity contribution is 8.00. The van der Waals surface area contributed by atoms with E-state index < -0.39 is 0 Å². The average Bonchev–Trinajstić information content (AvgIpc) is 3.31. The van der Waals surface area contributed by atoms with Gasteiger partial charge in [0, 0.05) is 29.6 Å². The molecule has 28 heavy (non-hydrogen) atoms. The van der Waals surface area contributed by atoms with Gasteiger partial charge in [-0.1, -0.05) is 23.9 Å². The number of hydrogen-bond donors (Lipinski definition) is 0. The molecule has 3 aromatic rings. The summed E-state index contributed by atoms with van der Waals surface area (Å²) in [6, 6.07) is 10.5. The lowest BCUT2D eigenvalue weighted by Crippen LogP contribution is -2.15. The smallest absolute Gasteiger partial charge is 0.192 e. The Bertz CT molecular complexity index is 1030. The Morgan fingerprint density at radius 2 is 2.04 bits per heavy atom. The van der Waals surface area contributed by atoms with Gasteiger partial charge in [0.15, 0.2) is 16.8 Å². The molecule has 1 atom stereocenters. The zero-order valence-electron chi connectivity index (χ0n) is 15.8. The first-order valence-electron chi connectivity index (χ1n) is 9.88. The van der Waals surface area contributed by atoms with Crippen molar-refractivity contribution in [2.75, 3.05) is 0 Å². The van der Waals surface area contributed by atoms with Crippen LogP contribution in [0.4, 0.5) is 0 Å². The van der Waals surface area contributed by atoms with Gasteiger partial charge in [-0.3, -0.25) is 14.3 Å². The number of aryl methyl sites for hydroxylation is 2. The predicted molar refractivity (Wildman–Crippen MR) is 110 cm³/mol. The SMILES string of the molecule is C[C@H](Sc1nnc(-c2cccnc2)n1C1CC1)C(=O)c1ccc2c(c1)CCC2. The van der Waals surface area contributed by atoms with E-state index in [0.29, 0.717) is 6.04 Å². The first kappa shape index (κ1) is 17.6. The van der Waals surface area contributed by atoms with E-state index in [-0.39, 0.29) is 11.0 Å². The van der Waals surface area contributed by atoms with E-state index in [1.54, 1.807) is 6.20 Å². The van der Waals surface area contributed by atoms with E-state index in [1.165, 1.54) is 29.3 Å². The molecular formula is C22H22N4OS. The van der Waals surface area contributed by atoms with E-state index in [4.69, 9.17) is 0 Å². The molecule has 1 fully saturated rings. The lowest BCUT2D eigenvalue weighted by molar-refractivity contribution is 0.0993. The maximum Gasteiger partial charge on any atom is 0.192 e. The third-order valence-electron chi connectivity index (χ3n) is 5.53. The zero-order valence-corrected chi connectivity index (χ0v) is 16.7. The quantitative estimate of drug-likeness (QED) is 0.457. The summed E-state index contributed by atoms with van der Waals surface area (Å²) < 4.78 is 2.19. The third kappa shape index (κ3) is 3.26. The van der Waals surface area contributed by atoms with Gasteiger partial charge in [0.05, 0.1) is 5.25 Å². The van der Waals surface area contributed by atoms with Crippen molar-refractivity contribution in [1.82, 2.24) is 19.7 Å². The number of fused-ring (bicyclic) bond motifs is 1. The third-order valence-corrected chi connectivity index (χ3v) is 6.59. The molecule has 1 aromatic carbocycles. The molecular weight excluding hydrogens is 368 g/mol. The molecule has 0 saturated heterocycles. The monoisotopic (exact) mass is 390 g/mol. The number of Topliss-reactive ketones (excluding diaryl/α,β-unsaturated/α-hetero) is 1. The van der Waals surface area contributed by atoms with Crippen LogP contribution in [-0.4, -0.2) is 30.8 Å². The second-order valence-corrected chi connectivity index (χ2v) is 8.92. The number of rotatable bonds is 6. The van der Waals surface area contributed by atoms with Crippen LogP contribution in [-0.2, 0) is 12.8 Å². The van der Waals surface area contributed by atoms with Crippen LogP contribution in [0.3, 0.4) is 0 Å². The molecule has 0 unspecified atom stereocenters. The Kier molecular flexibility index (Phi) is 4.51. The molecule has 6 heteroatoms. The molecule has 142 valence electrons. The molecule has 0 aliphatic heterocycles. The van der Waals surface area contributed by atoms with E-state index in [1.807, 2.05) is 31.3 Å². The number of carbonyl (C=O) groups excluding carboxylic acids is 1. The number of aromatic nitrogens is 4. The van der Waals surface area contributed by atoms with Crippen LogP contribution in [0.2, 0.25) is 0 Å². The van der Waals surface area contributed by atoms with Crippen molar-refractivity contribution in [3.63, 3.8) is 0 Å². The number of nitrogens with zero attached hydrogens (tertiary/aromatic N) is 4. The van der Waals surface area contributed by atoms with E-state index >= 15 is 0 Å². The molecule has 2 aromatic heterocycles. The number of hydrogen-bond acceptors (Lipinski definition) is 5. The molecule has 2 aliphatic carbocycles. The van der Waals surface area contributed by atoms with Gasteiger partial charge in [0.25, 0.3) is 0 Å². The molecule has 0 amide bonds. The lowest BCUT2D eigenvalue weighted by atomic mass is 10.0. The van der Waals surface area contributed by atoms with Crippen molar-refractivity contribution in [2.45, 2.75) is 55.5 Å². The van der Waals surface area contributed by atoms with Crippen LogP contribution in [0.15, 0.2) is 47.9 Å². The van der Waals surface area contributed by atoms with Crippen LogP contribution in [0.25, 0.3) is 11.4 Å². The summed E-state index contributed by atoms with van der Waals surface area (Å²) in [5.41, 5.74) is 4.51. The van der Waals surface area contributed by atoms with E-state index in [9.17, 15) is 4.79 Å². The summed E-state index contributed by atoms with van der Waals surface area (Å²) in [5, 5.41) is 9.46. The highest BCUT2D eigenvalue weighted by atomic mass is 32.2. The molecule has 0 bridgehead atoms. The Morgan fingerprint density at radius 3 is 2.82 bits per heavy atom. The molecule has 0 N–H and O–H groups in total. The maximum absolute atomic E-state index is 13.0. The van der Waals surface area contributed by atoms with Crippen molar-refractivity contribution in [2.24, 2.45) is 0 Å². The second-order valence-electron chi connectivity index (χ2n) is 7.61. The first-order chi connectivity index (χ1) is 13.7. The molecule has 2 heterocycles. The van der Waals surface area contributed by atoms with Gasteiger partial charge in [0.2, 0.25) is 0 Å². The molecule has 5 nitrogen and oxygen atoms in total. The number of ketones is 1. The Morgan fingerprint density at radius 1 is 1.18 bits per heavy atom. The zero-order chi connectivity index (χ0) is 19.1.